The van der Waals surface area contributed by atoms with E-state index in [9.17, 15) is 18.0 Å². The van der Waals surface area contributed by atoms with E-state index in [1.165, 1.54) is 21.1 Å². The van der Waals surface area contributed by atoms with Crippen molar-refractivity contribution in [2.45, 2.75) is 20.3 Å². The Morgan fingerprint density at radius 1 is 1.33 bits per heavy atom. The molecule has 1 aliphatic heterocycles. The Bertz CT molecular complexity index is 1140. The molecule has 0 saturated heterocycles. The molecule has 8 nitrogen and oxygen atoms in total. The maximum absolute atomic E-state index is 12.4. The van der Waals surface area contributed by atoms with E-state index in [0.29, 0.717) is 40.6 Å². The van der Waals surface area contributed by atoms with Gasteiger partial charge >= 0.3 is 5.97 Å². The van der Waals surface area contributed by atoms with Crippen LogP contribution in [-0.4, -0.2) is 48.9 Å². The number of Topliss-reactive ketones (excluding diaryl/α,β-unsaturated/α-hetero) is 1. The molecular weight excluding hydrogens is 430 g/mol. The third kappa shape index (κ3) is 4.41. The predicted molar refractivity (Wildman–Crippen MR) is 114 cm³/mol. The first kappa shape index (κ1) is 22.0. The lowest BCUT2D eigenvalue weighted by molar-refractivity contribution is -0.136. The van der Waals surface area contributed by atoms with Gasteiger partial charge in [0, 0.05) is 30.8 Å². The van der Waals surface area contributed by atoms with Crippen LogP contribution in [0.5, 0.6) is 0 Å². The number of rotatable bonds is 7. The highest BCUT2D eigenvalue weighted by molar-refractivity contribution is 7.92. The topological polar surface area (TPSA) is 98.6 Å². The van der Waals surface area contributed by atoms with Crippen LogP contribution in [0.3, 0.4) is 0 Å². The van der Waals surface area contributed by atoms with Gasteiger partial charge in [-0.25, -0.2) is 13.2 Å². The predicted octanol–water partition coefficient (Wildman–Crippen LogP) is 2.53. The number of carbonyl (C=O) groups is 2. The number of carbonyl (C=O) groups excluding carboxylic acids is 2. The van der Waals surface area contributed by atoms with Crippen LogP contribution >= 0.6 is 11.6 Å². The Balaban J connectivity index is 1.63. The lowest BCUT2D eigenvalue weighted by atomic mass is 10.1. The first-order valence-corrected chi connectivity index (χ1v) is 11.3. The largest absolute Gasteiger partial charge is 0.454 e. The normalized spacial score (nSPS) is 13.7. The number of sulfonamides is 1. The van der Waals surface area contributed by atoms with Crippen molar-refractivity contribution in [2.24, 2.45) is 7.05 Å². The second kappa shape index (κ2) is 8.61. The molecule has 0 saturated carbocycles. The van der Waals surface area contributed by atoms with Crippen molar-refractivity contribution in [1.29, 1.82) is 0 Å². The molecule has 1 aliphatic rings. The van der Waals surface area contributed by atoms with E-state index in [4.69, 9.17) is 16.3 Å². The van der Waals surface area contributed by atoms with Crippen LogP contribution in [0, 0.1) is 6.92 Å². The minimum atomic E-state index is -3.34. The monoisotopic (exact) mass is 451 g/mol. The number of benzene rings is 1. The highest BCUT2D eigenvalue weighted by Crippen LogP contribution is 2.31. The second-order valence-electron chi connectivity index (χ2n) is 6.84. The first-order valence-electron chi connectivity index (χ1n) is 9.34. The maximum Gasteiger partial charge on any atom is 0.331 e. The summed E-state index contributed by atoms with van der Waals surface area (Å²) >= 11 is 6.10. The van der Waals surface area contributed by atoms with E-state index in [1.54, 1.807) is 39.1 Å². The number of esters is 1. The Morgan fingerprint density at radius 3 is 2.70 bits per heavy atom. The first-order chi connectivity index (χ1) is 14.1. The zero-order chi connectivity index (χ0) is 22.1. The average molecular weight is 452 g/mol. The minimum absolute atomic E-state index is 0.0143. The van der Waals surface area contributed by atoms with Gasteiger partial charge in [-0.3, -0.25) is 13.8 Å². The lowest BCUT2D eigenvalue weighted by Gasteiger charge is -2.18. The van der Waals surface area contributed by atoms with Crippen LogP contribution < -0.4 is 4.31 Å². The summed E-state index contributed by atoms with van der Waals surface area (Å²) < 4.78 is 32.2. The number of hydrogen-bond acceptors (Lipinski definition) is 6. The SMILES string of the molecule is CCS(=O)(=O)N1CCc2cc(C(=O)COC(=O)/C=C/c3c(C)nn(C)c3Cl)ccc21. The molecule has 0 unspecified atom stereocenters. The quantitative estimate of drug-likeness (QED) is 0.364. The van der Waals surface area contributed by atoms with E-state index < -0.39 is 22.6 Å². The number of aromatic nitrogens is 2. The molecular formula is C20H22ClN3O5S. The van der Waals surface area contributed by atoms with E-state index in [1.807, 2.05) is 0 Å². The fourth-order valence-corrected chi connectivity index (χ4v) is 4.64. The number of hydrogen-bond donors (Lipinski definition) is 0. The Morgan fingerprint density at radius 2 is 2.07 bits per heavy atom. The fraction of sp³-hybridized carbons (Fsp3) is 0.350. The van der Waals surface area contributed by atoms with Gasteiger partial charge in [0.05, 0.1) is 17.1 Å². The van der Waals surface area contributed by atoms with Gasteiger partial charge in [0.25, 0.3) is 0 Å². The van der Waals surface area contributed by atoms with Crippen molar-refractivity contribution in [1.82, 2.24) is 9.78 Å². The van der Waals surface area contributed by atoms with Gasteiger partial charge in [-0.15, -0.1) is 0 Å². The Labute approximate surface area is 180 Å². The fourth-order valence-electron chi connectivity index (χ4n) is 3.24. The van der Waals surface area contributed by atoms with Crippen molar-refractivity contribution >= 4 is 45.1 Å². The standard InChI is InChI=1S/C20H22ClN3O5S/c1-4-30(27,28)24-10-9-14-11-15(5-7-17(14)24)18(25)12-29-19(26)8-6-16-13(2)22-23(3)20(16)21/h5-8,11H,4,9-10,12H2,1-3H3/b8-6+. The van der Waals surface area contributed by atoms with Crippen molar-refractivity contribution in [3.8, 4) is 0 Å². The molecule has 0 aliphatic carbocycles. The minimum Gasteiger partial charge on any atom is -0.454 e. The Kier molecular flexibility index (Phi) is 6.33. The number of fused-ring (bicyclic) bond motifs is 1. The van der Waals surface area contributed by atoms with Gasteiger partial charge < -0.3 is 4.74 Å². The summed E-state index contributed by atoms with van der Waals surface area (Å²) in [4.78, 5) is 24.4. The lowest BCUT2D eigenvalue weighted by Crippen LogP contribution is -2.30. The van der Waals surface area contributed by atoms with Crippen LogP contribution in [-0.2, 0) is 33.0 Å². The number of anilines is 1. The number of ether oxygens (including phenoxy) is 1. The van der Waals surface area contributed by atoms with Gasteiger partial charge in [-0.05, 0) is 50.1 Å². The molecule has 3 rings (SSSR count). The molecule has 0 radical (unpaired) electrons. The van der Waals surface area contributed by atoms with E-state index in [2.05, 4.69) is 5.10 Å². The average Bonchev–Trinajstić information content (AvgIpc) is 3.25. The summed E-state index contributed by atoms with van der Waals surface area (Å²) in [7, 11) is -1.65. The third-order valence-electron chi connectivity index (χ3n) is 4.88. The van der Waals surface area contributed by atoms with Crippen LogP contribution in [0.4, 0.5) is 5.69 Å². The molecule has 10 heteroatoms. The van der Waals surface area contributed by atoms with E-state index >= 15 is 0 Å². The highest BCUT2D eigenvalue weighted by atomic mass is 35.5. The molecule has 0 atom stereocenters. The van der Waals surface area contributed by atoms with Crippen LogP contribution in [0.1, 0.15) is 34.1 Å². The number of halogens is 1. The van der Waals surface area contributed by atoms with Crippen molar-refractivity contribution in [3.05, 3.63) is 51.8 Å². The molecule has 0 amide bonds. The van der Waals surface area contributed by atoms with E-state index in [0.717, 1.165) is 5.56 Å². The van der Waals surface area contributed by atoms with Gasteiger partial charge in [-0.1, -0.05) is 11.6 Å². The molecule has 0 fully saturated rings. The van der Waals surface area contributed by atoms with Gasteiger partial charge in [0.2, 0.25) is 10.0 Å². The molecule has 30 heavy (non-hydrogen) atoms. The van der Waals surface area contributed by atoms with Crippen LogP contribution in [0.15, 0.2) is 24.3 Å². The third-order valence-corrected chi connectivity index (χ3v) is 7.11. The van der Waals surface area contributed by atoms with E-state index in [-0.39, 0.29) is 11.5 Å². The second-order valence-corrected chi connectivity index (χ2v) is 9.38. The summed E-state index contributed by atoms with van der Waals surface area (Å²) in [5.41, 5.74) is 3.02. The molecule has 0 bridgehead atoms. The summed E-state index contributed by atoms with van der Waals surface area (Å²) in [6, 6.07) is 4.83. The Hall–Kier alpha value is -2.65. The zero-order valence-corrected chi connectivity index (χ0v) is 18.5. The summed E-state index contributed by atoms with van der Waals surface area (Å²) in [5.74, 6) is -1.03. The van der Waals surface area contributed by atoms with Gasteiger partial charge in [0.15, 0.2) is 12.4 Å². The maximum atomic E-state index is 12.4. The summed E-state index contributed by atoms with van der Waals surface area (Å²) in [6.07, 6.45) is 3.22. The van der Waals surface area contributed by atoms with Crippen molar-refractivity contribution in [2.75, 3.05) is 23.2 Å². The van der Waals surface area contributed by atoms with Gasteiger partial charge in [0.1, 0.15) is 5.15 Å². The van der Waals surface area contributed by atoms with Gasteiger partial charge in [-0.2, -0.15) is 5.10 Å². The zero-order valence-electron chi connectivity index (χ0n) is 16.9. The van der Waals surface area contributed by atoms with Crippen LogP contribution in [0.2, 0.25) is 5.15 Å². The summed E-state index contributed by atoms with van der Waals surface area (Å²) in [5, 5.41) is 4.54. The molecule has 2 heterocycles. The molecule has 1 aromatic heterocycles. The molecule has 160 valence electrons. The smallest absolute Gasteiger partial charge is 0.331 e. The summed E-state index contributed by atoms with van der Waals surface area (Å²) in [6.45, 7) is 3.30. The van der Waals surface area contributed by atoms with Crippen molar-refractivity contribution < 1.29 is 22.7 Å². The molecule has 1 aromatic carbocycles. The molecule has 0 N–H and O–H groups in total. The molecule has 2 aromatic rings. The van der Waals surface area contributed by atoms with Crippen LogP contribution in [0.25, 0.3) is 6.08 Å². The van der Waals surface area contributed by atoms with Crippen molar-refractivity contribution in [3.63, 3.8) is 0 Å². The number of nitrogens with zero attached hydrogens (tertiary/aromatic N) is 3. The molecule has 0 spiro atoms. The number of aryl methyl sites for hydroxylation is 2. The number of ketones is 1. The highest BCUT2D eigenvalue weighted by Gasteiger charge is 2.28.